The average molecular weight is 262 g/mol. The van der Waals surface area contributed by atoms with Gasteiger partial charge in [0.2, 0.25) is 0 Å². The second kappa shape index (κ2) is 9.01. The SMILES string of the molecule is CCC(C)Cc1ccccc1O.CCCC1CCC1. The molecule has 19 heavy (non-hydrogen) atoms. The molecule has 1 aliphatic carbocycles. The topological polar surface area (TPSA) is 20.2 Å². The van der Waals surface area contributed by atoms with Crippen molar-refractivity contribution in [3.63, 3.8) is 0 Å². The highest BCUT2D eigenvalue weighted by Gasteiger charge is 2.14. The van der Waals surface area contributed by atoms with Gasteiger partial charge in [0.1, 0.15) is 5.75 Å². The predicted molar refractivity (Wildman–Crippen MR) is 83.5 cm³/mol. The molecule has 1 N–H and O–H groups in total. The molecule has 1 fully saturated rings. The molecule has 0 radical (unpaired) electrons. The molecule has 108 valence electrons. The number of rotatable bonds is 5. The molecule has 0 spiro atoms. The van der Waals surface area contributed by atoms with Crippen LogP contribution in [0.25, 0.3) is 0 Å². The van der Waals surface area contributed by atoms with Gasteiger partial charge >= 0.3 is 0 Å². The van der Waals surface area contributed by atoms with Crippen molar-refractivity contribution in [2.24, 2.45) is 11.8 Å². The summed E-state index contributed by atoms with van der Waals surface area (Å²) in [5, 5.41) is 9.45. The summed E-state index contributed by atoms with van der Waals surface area (Å²) in [5.74, 6) is 2.21. The van der Waals surface area contributed by atoms with Crippen molar-refractivity contribution < 1.29 is 5.11 Å². The first kappa shape index (κ1) is 16.1. The van der Waals surface area contributed by atoms with E-state index in [-0.39, 0.29) is 0 Å². The lowest BCUT2D eigenvalue weighted by atomic mass is 9.82. The maximum Gasteiger partial charge on any atom is 0.118 e. The van der Waals surface area contributed by atoms with Gasteiger partial charge in [-0.1, -0.05) is 77.5 Å². The third-order valence-electron chi connectivity index (χ3n) is 4.18. The van der Waals surface area contributed by atoms with Gasteiger partial charge in [0.05, 0.1) is 0 Å². The van der Waals surface area contributed by atoms with Crippen LogP contribution >= 0.6 is 0 Å². The Morgan fingerprint density at radius 2 is 1.89 bits per heavy atom. The van der Waals surface area contributed by atoms with Crippen LogP contribution in [0.5, 0.6) is 5.75 Å². The Bertz CT molecular complexity index is 341. The molecule has 1 atom stereocenters. The molecule has 0 aromatic heterocycles. The Morgan fingerprint density at radius 1 is 1.21 bits per heavy atom. The Balaban J connectivity index is 0.000000218. The third kappa shape index (κ3) is 6.13. The number of phenols is 1. The smallest absolute Gasteiger partial charge is 0.118 e. The van der Waals surface area contributed by atoms with E-state index in [9.17, 15) is 5.11 Å². The fourth-order valence-corrected chi connectivity index (χ4v) is 2.39. The summed E-state index contributed by atoms with van der Waals surface area (Å²) in [6.07, 6.45) is 9.56. The van der Waals surface area contributed by atoms with Crippen molar-refractivity contribution >= 4 is 0 Å². The van der Waals surface area contributed by atoms with E-state index in [1.54, 1.807) is 6.07 Å². The first-order valence-electron chi connectivity index (χ1n) is 7.94. The van der Waals surface area contributed by atoms with E-state index in [1.165, 1.54) is 32.1 Å². The highest BCUT2D eigenvalue weighted by molar-refractivity contribution is 5.31. The van der Waals surface area contributed by atoms with Gasteiger partial charge < -0.3 is 5.11 Å². The molecule has 1 nitrogen and oxygen atoms in total. The van der Waals surface area contributed by atoms with Crippen molar-refractivity contribution in [1.29, 1.82) is 0 Å². The highest BCUT2D eigenvalue weighted by Crippen LogP contribution is 2.29. The average Bonchev–Trinajstić information content (AvgIpc) is 2.37. The lowest BCUT2D eigenvalue weighted by Gasteiger charge is -2.24. The summed E-state index contributed by atoms with van der Waals surface area (Å²) in [7, 11) is 0. The molecule has 0 aliphatic heterocycles. The fraction of sp³-hybridized carbons (Fsp3) is 0.667. The normalized spacial score (nSPS) is 16.2. The largest absolute Gasteiger partial charge is 0.508 e. The lowest BCUT2D eigenvalue weighted by molar-refractivity contribution is 0.294. The molecule has 1 unspecified atom stereocenters. The van der Waals surface area contributed by atoms with E-state index in [2.05, 4.69) is 20.8 Å². The minimum Gasteiger partial charge on any atom is -0.508 e. The summed E-state index contributed by atoms with van der Waals surface area (Å²) < 4.78 is 0. The summed E-state index contributed by atoms with van der Waals surface area (Å²) in [4.78, 5) is 0. The summed E-state index contributed by atoms with van der Waals surface area (Å²) in [6.45, 7) is 6.65. The number of benzene rings is 1. The zero-order valence-electron chi connectivity index (χ0n) is 12.9. The van der Waals surface area contributed by atoms with E-state index in [0.717, 1.165) is 24.3 Å². The molecule has 1 saturated carbocycles. The van der Waals surface area contributed by atoms with Gasteiger partial charge in [0, 0.05) is 0 Å². The van der Waals surface area contributed by atoms with E-state index in [4.69, 9.17) is 0 Å². The van der Waals surface area contributed by atoms with Crippen LogP contribution in [0.2, 0.25) is 0 Å². The second-order valence-corrected chi connectivity index (χ2v) is 5.93. The van der Waals surface area contributed by atoms with Gasteiger partial charge in [-0.05, 0) is 29.9 Å². The lowest BCUT2D eigenvalue weighted by Crippen LogP contribution is -2.09. The molecular formula is C18H30O. The number of aromatic hydroxyl groups is 1. The minimum absolute atomic E-state index is 0.429. The molecule has 2 rings (SSSR count). The van der Waals surface area contributed by atoms with Crippen molar-refractivity contribution in [2.45, 2.75) is 65.7 Å². The molecule has 0 amide bonds. The maximum absolute atomic E-state index is 9.45. The summed E-state index contributed by atoms with van der Waals surface area (Å²) in [6, 6.07) is 7.56. The van der Waals surface area contributed by atoms with Crippen LogP contribution in [0.4, 0.5) is 0 Å². The summed E-state index contributed by atoms with van der Waals surface area (Å²) >= 11 is 0. The van der Waals surface area contributed by atoms with E-state index in [0.29, 0.717) is 11.7 Å². The van der Waals surface area contributed by atoms with Gasteiger partial charge in [-0.3, -0.25) is 0 Å². The molecule has 1 heteroatoms. The van der Waals surface area contributed by atoms with Crippen LogP contribution < -0.4 is 0 Å². The maximum atomic E-state index is 9.45. The molecule has 0 heterocycles. The highest BCUT2D eigenvalue weighted by atomic mass is 16.3. The quantitative estimate of drug-likeness (QED) is 0.735. The fourth-order valence-electron chi connectivity index (χ4n) is 2.39. The Morgan fingerprint density at radius 3 is 2.32 bits per heavy atom. The van der Waals surface area contributed by atoms with Crippen LogP contribution in [-0.4, -0.2) is 5.11 Å². The number of para-hydroxylation sites is 1. The van der Waals surface area contributed by atoms with Gasteiger partial charge in [0.15, 0.2) is 0 Å². The first-order chi connectivity index (χ1) is 9.17. The number of hydrogen-bond acceptors (Lipinski definition) is 1. The van der Waals surface area contributed by atoms with E-state index >= 15 is 0 Å². The van der Waals surface area contributed by atoms with Gasteiger partial charge in [-0.15, -0.1) is 0 Å². The van der Waals surface area contributed by atoms with Crippen molar-refractivity contribution in [3.05, 3.63) is 29.8 Å². The zero-order valence-corrected chi connectivity index (χ0v) is 12.9. The Labute approximate surface area is 119 Å². The van der Waals surface area contributed by atoms with Crippen molar-refractivity contribution in [1.82, 2.24) is 0 Å². The molecule has 1 aliphatic rings. The third-order valence-corrected chi connectivity index (χ3v) is 4.18. The first-order valence-corrected chi connectivity index (χ1v) is 7.94. The number of phenolic OH excluding ortho intramolecular Hbond substituents is 1. The van der Waals surface area contributed by atoms with E-state index in [1.807, 2.05) is 18.2 Å². The van der Waals surface area contributed by atoms with Crippen LogP contribution in [-0.2, 0) is 6.42 Å². The number of hydrogen-bond donors (Lipinski definition) is 1. The van der Waals surface area contributed by atoms with Gasteiger partial charge in [-0.25, -0.2) is 0 Å². The van der Waals surface area contributed by atoms with Gasteiger partial charge in [-0.2, -0.15) is 0 Å². The van der Waals surface area contributed by atoms with Crippen LogP contribution in [0, 0.1) is 11.8 Å². The molecular weight excluding hydrogens is 232 g/mol. The van der Waals surface area contributed by atoms with Crippen LogP contribution in [0.1, 0.15) is 64.9 Å². The Kier molecular flexibility index (Phi) is 7.62. The van der Waals surface area contributed by atoms with Crippen LogP contribution in [0.15, 0.2) is 24.3 Å². The molecule has 1 aromatic rings. The monoisotopic (exact) mass is 262 g/mol. The molecule has 0 saturated heterocycles. The van der Waals surface area contributed by atoms with Gasteiger partial charge in [0.25, 0.3) is 0 Å². The summed E-state index contributed by atoms with van der Waals surface area (Å²) in [5.41, 5.74) is 1.06. The predicted octanol–water partition coefficient (Wildman–Crippen LogP) is 5.57. The van der Waals surface area contributed by atoms with Crippen LogP contribution in [0.3, 0.4) is 0 Å². The minimum atomic E-state index is 0.429. The molecule has 0 bridgehead atoms. The Hall–Kier alpha value is -0.980. The zero-order chi connectivity index (χ0) is 14.1. The molecule has 1 aromatic carbocycles. The second-order valence-electron chi connectivity index (χ2n) is 5.93. The standard InChI is InChI=1S/C11H16O.C7H14/c1-3-9(2)8-10-6-4-5-7-11(10)12;1-2-4-7-5-3-6-7/h4-7,9,12H,3,8H2,1-2H3;7H,2-6H2,1H3. The van der Waals surface area contributed by atoms with E-state index < -0.39 is 0 Å². The van der Waals surface area contributed by atoms with Crippen molar-refractivity contribution in [2.75, 3.05) is 0 Å². The van der Waals surface area contributed by atoms with Crippen molar-refractivity contribution in [3.8, 4) is 5.75 Å².